The maximum Gasteiger partial charge on any atom is 0.126 e. The number of hydrogen-bond acceptors (Lipinski definition) is 6. The molecule has 2 aliphatic rings. The number of benzene rings is 2. The molecule has 33 heavy (non-hydrogen) atoms. The molecule has 0 atom stereocenters. The summed E-state index contributed by atoms with van der Waals surface area (Å²) in [6.07, 6.45) is 5.56. The van der Waals surface area contributed by atoms with Crippen LogP contribution >= 0.6 is 0 Å². The molecule has 174 valence electrons. The lowest BCUT2D eigenvalue weighted by Crippen LogP contribution is -2.26. The number of aliphatic hydroxyl groups is 1. The summed E-state index contributed by atoms with van der Waals surface area (Å²) in [5.41, 5.74) is 4.10. The minimum absolute atomic E-state index is 0.0320. The number of nitrogens with zero attached hydrogens (tertiary/aromatic N) is 3. The van der Waals surface area contributed by atoms with Crippen molar-refractivity contribution in [2.24, 2.45) is 4.36 Å². The first kappa shape index (κ1) is 22.2. The van der Waals surface area contributed by atoms with Crippen LogP contribution in [0, 0.1) is 12.7 Å². The van der Waals surface area contributed by atoms with Crippen molar-refractivity contribution in [2.75, 3.05) is 11.5 Å². The van der Waals surface area contributed by atoms with Gasteiger partial charge in [-0.15, -0.1) is 0 Å². The normalized spacial score (nSPS) is 22.0. The maximum atomic E-state index is 14.1. The molecule has 0 bridgehead atoms. The van der Waals surface area contributed by atoms with Crippen molar-refractivity contribution in [1.82, 2.24) is 9.97 Å². The van der Waals surface area contributed by atoms with E-state index in [4.69, 9.17) is 4.74 Å². The smallest absolute Gasteiger partial charge is 0.126 e. The predicted molar refractivity (Wildman–Crippen MR) is 127 cm³/mol. The summed E-state index contributed by atoms with van der Waals surface area (Å²) >= 11 is 0. The summed E-state index contributed by atoms with van der Waals surface area (Å²) in [4.78, 5) is 8.97. The van der Waals surface area contributed by atoms with Gasteiger partial charge < -0.3 is 9.84 Å². The number of aryl methyl sites for hydroxylation is 1. The fraction of sp³-hybridized carbons (Fsp3) is 0.440. The molecule has 1 saturated heterocycles. The van der Waals surface area contributed by atoms with Gasteiger partial charge in [-0.2, -0.15) is 4.36 Å². The van der Waals surface area contributed by atoms with Gasteiger partial charge in [0.25, 0.3) is 0 Å². The molecule has 1 aromatic heterocycles. The van der Waals surface area contributed by atoms with Gasteiger partial charge in [-0.3, -0.25) is 0 Å². The summed E-state index contributed by atoms with van der Waals surface area (Å²) in [6, 6.07) is 8.43. The highest BCUT2D eigenvalue weighted by Crippen LogP contribution is 2.32. The van der Waals surface area contributed by atoms with Crippen LogP contribution in [-0.2, 0) is 16.1 Å². The zero-order chi connectivity index (χ0) is 23.0. The van der Waals surface area contributed by atoms with Gasteiger partial charge in [0.05, 0.1) is 38.8 Å². The second-order valence-corrected chi connectivity index (χ2v) is 11.6. The van der Waals surface area contributed by atoms with Crippen molar-refractivity contribution in [2.45, 2.75) is 57.7 Å². The molecule has 1 aliphatic carbocycles. The van der Waals surface area contributed by atoms with Crippen molar-refractivity contribution in [3.05, 3.63) is 59.3 Å². The van der Waals surface area contributed by atoms with Crippen LogP contribution in [0.1, 0.15) is 48.9 Å². The van der Waals surface area contributed by atoms with Gasteiger partial charge in [0.2, 0.25) is 0 Å². The Hall–Kier alpha value is -2.58. The number of rotatable bonds is 5. The Balaban J connectivity index is 1.47. The minimum atomic E-state index is -2.10. The Morgan fingerprint density at radius 1 is 1.15 bits per heavy atom. The lowest BCUT2D eigenvalue weighted by molar-refractivity contribution is 0.0660. The third-order valence-electron chi connectivity index (χ3n) is 6.52. The molecular weight excluding hydrogens is 441 g/mol. The molecule has 0 unspecified atom stereocenters. The monoisotopic (exact) mass is 469 g/mol. The average molecular weight is 470 g/mol. The lowest BCUT2D eigenvalue weighted by Gasteiger charge is -2.27. The highest BCUT2D eigenvalue weighted by Gasteiger charge is 2.23. The molecule has 0 radical (unpaired) electrons. The molecule has 1 aliphatic heterocycles. The molecule has 0 amide bonds. The number of aromatic nitrogens is 2. The van der Waals surface area contributed by atoms with Crippen LogP contribution in [0.4, 0.5) is 10.1 Å². The van der Waals surface area contributed by atoms with E-state index >= 15 is 0 Å². The van der Waals surface area contributed by atoms with Crippen LogP contribution in [0.5, 0.6) is 5.75 Å². The Morgan fingerprint density at radius 3 is 2.67 bits per heavy atom. The fourth-order valence-corrected chi connectivity index (χ4v) is 6.08. The van der Waals surface area contributed by atoms with E-state index in [0.29, 0.717) is 42.2 Å². The average Bonchev–Trinajstić information content (AvgIpc) is 2.76. The first-order valence-corrected chi connectivity index (χ1v) is 13.3. The molecular formula is C25H28FN3O3S. The molecule has 1 saturated carbocycles. The molecule has 8 heteroatoms. The first-order valence-electron chi connectivity index (χ1n) is 11.5. The third-order valence-corrected chi connectivity index (χ3v) is 8.92. The van der Waals surface area contributed by atoms with E-state index in [1.807, 2.05) is 19.1 Å². The van der Waals surface area contributed by atoms with Crippen molar-refractivity contribution >= 4 is 26.3 Å². The van der Waals surface area contributed by atoms with Crippen molar-refractivity contribution < 1.29 is 18.4 Å². The van der Waals surface area contributed by atoms with Crippen LogP contribution in [0.15, 0.2) is 41.0 Å². The Labute approximate surface area is 193 Å². The maximum absolute atomic E-state index is 14.1. The van der Waals surface area contributed by atoms with Crippen molar-refractivity contribution in [3.63, 3.8) is 0 Å². The van der Waals surface area contributed by atoms with E-state index in [1.165, 1.54) is 18.5 Å². The van der Waals surface area contributed by atoms with Crippen LogP contribution in [0.3, 0.4) is 0 Å². The molecule has 2 heterocycles. The van der Waals surface area contributed by atoms with E-state index < -0.39 is 9.73 Å². The van der Waals surface area contributed by atoms with Crippen molar-refractivity contribution in [3.8, 4) is 5.75 Å². The second-order valence-electron chi connectivity index (χ2n) is 9.08. The van der Waals surface area contributed by atoms with Gasteiger partial charge in [0.15, 0.2) is 0 Å². The fourth-order valence-electron chi connectivity index (χ4n) is 4.62. The second kappa shape index (κ2) is 8.99. The van der Waals surface area contributed by atoms with Crippen molar-refractivity contribution in [1.29, 1.82) is 0 Å². The van der Waals surface area contributed by atoms with Crippen LogP contribution in [-0.4, -0.2) is 43.0 Å². The quantitative estimate of drug-likeness (QED) is 0.577. The molecule has 3 aromatic rings. The molecule has 2 fully saturated rings. The molecule has 6 nitrogen and oxygen atoms in total. The zero-order valence-corrected chi connectivity index (χ0v) is 19.5. The Bertz CT molecular complexity index is 1300. The Kier molecular flexibility index (Phi) is 6.05. The Morgan fingerprint density at radius 2 is 1.94 bits per heavy atom. The summed E-state index contributed by atoms with van der Waals surface area (Å²) in [5, 5.41) is 10.7. The number of ether oxygens (including phenoxy) is 1. The third kappa shape index (κ3) is 4.87. The largest absolute Gasteiger partial charge is 0.490 e. The van der Waals surface area contributed by atoms with Crippen LogP contribution in [0.25, 0.3) is 10.9 Å². The van der Waals surface area contributed by atoms with E-state index in [1.54, 1.807) is 6.07 Å². The number of hydrogen-bond donors (Lipinski definition) is 1. The highest BCUT2D eigenvalue weighted by atomic mass is 32.2. The van der Waals surface area contributed by atoms with E-state index in [2.05, 4.69) is 14.3 Å². The lowest BCUT2D eigenvalue weighted by atomic mass is 9.95. The zero-order valence-electron chi connectivity index (χ0n) is 18.7. The van der Waals surface area contributed by atoms with Gasteiger partial charge in [-0.1, -0.05) is 6.07 Å². The minimum Gasteiger partial charge on any atom is -0.490 e. The number of fused-ring (bicyclic) bond motifs is 1. The van der Waals surface area contributed by atoms with Gasteiger partial charge in [0.1, 0.15) is 17.9 Å². The van der Waals surface area contributed by atoms with Gasteiger partial charge in [-0.05, 0) is 62.8 Å². The standard InChI is InChI=1S/C25H28FN3O3S/c1-16-11-19(29-33(31)9-2-10-33)14-23-25(16)22(27-15-28-23)12-17-3-4-18(26)13-24(17)32-21-7-5-20(30)6-8-21/h3-4,11,13-15,20-21,30H,2,5-10,12H2,1H3. The SMILES string of the molecule is Cc1cc(N=S2(=O)CCC2)cc2ncnc(Cc3ccc(F)cc3OC3CCC(O)CC3)c12. The molecule has 0 spiro atoms. The predicted octanol–water partition coefficient (Wildman–Crippen LogP) is 4.85. The topological polar surface area (TPSA) is 84.7 Å². The van der Waals surface area contributed by atoms with Gasteiger partial charge >= 0.3 is 0 Å². The molecule has 1 N–H and O–H groups in total. The summed E-state index contributed by atoms with van der Waals surface area (Å²) in [6.45, 7) is 1.98. The van der Waals surface area contributed by atoms with E-state index in [0.717, 1.165) is 47.0 Å². The van der Waals surface area contributed by atoms with Gasteiger partial charge in [-0.25, -0.2) is 18.6 Å². The molecule has 5 rings (SSSR count). The van der Waals surface area contributed by atoms with Gasteiger partial charge in [0, 0.05) is 34.9 Å². The van der Waals surface area contributed by atoms with Crippen LogP contribution in [0.2, 0.25) is 0 Å². The summed E-state index contributed by atoms with van der Waals surface area (Å²) in [7, 11) is -2.10. The number of halogens is 1. The highest BCUT2D eigenvalue weighted by molar-refractivity contribution is 7.95. The first-order chi connectivity index (χ1) is 15.9. The summed E-state index contributed by atoms with van der Waals surface area (Å²) < 4.78 is 37.3. The van der Waals surface area contributed by atoms with E-state index in [-0.39, 0.29) is 18.0 Å². The van der Waals surface area contributed by atoms with Crippen LogP contribution < -0.4 is 4.74 Å². The summed E-state index contributed by atoms with van der Waals surface area (Å²) in [5.74, 6) is 1.50. The van der Waals surface area contributed by atoms with E-state index in [9.17, 15) is 13.7 Å². The molecule has 2 aromatic carbocycles. The number of aliphatic hydroxyl groups excluding tert-OH is 1.